The highest BCUT2D eigenvalue weighted by atomic mass is 79.9. The van der Waals surface area contributed by atoms with Crippen molar-refractivity contribution in [2.75, 3.05) is 17.3 Å². The lowest BCUT2D eigenvalue weighted by Crippen LogP contribution is -2.23. The topological polar surface area (TPSA) is 15.3 Å². The number of hydrogen-bond acceptors (Lipinski definition) is 2. The lowest BCUT2D eigenvalue weighted by Gasteiger charge is -2.22. The zero-order valence-electron chi connectivity index (χ0n) is 9.82. The number of nitrogens with one attached hydrogen (secondary N) is 1. The zero-order chi connectivity index (χ0) is 12.7. The molecular formula is C14H12BrFN2. The molecular weight excluding hydrogens is 295 g/mol. The fraction of sp³-hybridized carbons (Fsp3) is 0.143. The van der Waals surface area contributed by atoms with E-state index in [1.54, 1.807) is 12.1 Å². The standard InChI is InChI=1S/C14H12BrFN2/c1-18-13-6-5-10(15)8-12(13)17-14(18)9-3-2-4-11(16)7-9/h2-8,14,17H,1H3. The fourth-order valence-electron chi connectivity index (χ4n) is 2.30. The minimum absolute atomic E-state index is 0.0231. The van der Waals surface area contributed by atoms with Crippen LogP contribution in [0.5, 0.6) is 0 Å². The number of nitrogens with zero attached hydrogens (tertiary/aromatic N) is 1. The van der Waals surface area contributed by atoms with Gasteiger partial charge in [0.1, 0.15) is 12.0 Å². The second-order valence-electron chi connectivity index (χ2n) is 4.37. The molecule has 1 atom stereocenters. The van der Waals surface area contributed by atoms with Gasteiger partial charge in [0.15, 0.2) is 0 Å². The van der Waals surface area contributed by atoms with Crippen LogP contribution in [0.15, 0.2) is 46.9 Å². The van der Waals surface area contributed by atoms with E-state index in [4.69, 9.17) is 0 Å². The number of anilines is 2. The smallest absolute Gasteiger partial charge is 0.125 e. The fourth-order valence-corrected chi connectivity index (χ4v) is 2.66. The molecule has 1 N–H and O–H groups in total. The first-order valence-corrected chi connectivity index (χ1v) is 6.49. The van der Waals surface area contributed by atoms with Crippen LogP contribution in [-0.4, -0.2) is 7.05 Å². The van der Waals surface area contributed by atoms with Crippen molar-refractivity contribution in [2.24, 2.45) is 0 Å². The van der Waals surface area contributed by atoms with Crippen LogP contribution < -0.4 is 10.2 Å². The molecule has 0 bridgehead atoms. The molecule has 1 unspecified atom stereocenters. The zero-order valence-corrected chi connectivity index (χ0v) is 11.4. The predicted molar refractivity (Wildman–Crippen MR) is 75.3 cm³/mol. The Morgan fingerprint density at radius 1 is 1.22 bits per heavy atom. The van der Waals surface area contributed by atoms with Crippen LogP contribution in [0.4, 0.5) is 15.8 Å². The summed E-state index contributed by atoms with van der Waals surface area (Å²) in [6, 6.07) is 12.8. The maximum Gasteiger partial charge on any atom is 0.125 e. The van der Waals surface area contributed by atoms with Gasteiger partial charge < -0.3 is 10.2 Å². The quantitative estimate of drug-likeness (QED) is 0.851. The number of halogens is 2. The monoisotopic (exact) mass is 306 g/mol. The summed E-state index contributed by atoms with van der Waals surface area (Å²) in [6.07, 6.45) is -0.0231. The molecule has 0 aromatic heterocycles. The van der Waals surface area contributed by atoms with E-state index in [0.717, 1.165) is 21.4 Å². The summed E-state index contributed by atoms with van der Waals surface area (Å²) in [5.74, 6) is -0.208. The summed E-state index contributed by atoms with van der Waals surface area (Å²) in [7, 11) is 2.00. The molecule has 0 spiro atoms. The summed E-state index contributed by atoms with van der Waals surface area (Å²) < 4.78 is 14.3. The summed E-state index contributed by atoms with van der Waals surface area (Å²) in [4.78, 5) is 2.11. The van der Waals surface area contributed by atoms with Crippen molar-refractivity contribution in [2.45, 2.75) is 6.17 Å². The van der Waals surface area contributed by atoms with Gasteiger partial charge in [-0.3, -0.25) is 0 Å². The van der Waals surface area contributed by atoms with Crippen molar-refractivity contribution < 1.29 is 4.39 Å². The van der Waals surface area contributed by atoms with Gasteiger partial charge in [0.2, 0.25) is 0 Å². The van der Waals surface area contributed by atoms with Gasteiger partial charge in [-0.15, -0.1) is 0 Å². The van der Waals surface area contributed by atoms with Gasteiger partial charge in [0.05, 0.1) is 11.4 Å². The maximum absolute atomic E-state index is 13.3. The van der Waals surface area contributed by atoms with Gasteiger partial charge in [-0.05, 0) is 35.9 Å². The van der Waals surface area contributed by atoms with Crippen molar-refractivity contribution in [1.82, 2.24) is 0 Å². The normalized spacial score (nSPS) is 17.5. The van der Waals surface area contributed by atoms with Crippen molar-refractivity contribution in [1.29, 1.82) is 0 Å². The minimum atomic E-state index is -0.208. The molecule has 0 radical (unpaired) electrons. The van der Waals surface area contributed by atoms with E-state index < -0.39 is 0 Å². The average Bonchev–Trinajstić information content (AvgIpc) is 2.66. The summed E-state index contributed by atoms with van der Waals surface area (Å²) in [5.41, 5.74) is 3.10. The van der Waals surface area contributed by atoms with Crippen LogP contribution >= 0.6 is 15.9 Å². The Morgan fingerprint density at radius 3 is 2.83 bits per heavy atom. The number of rotatable bonds is 1. The van der Waals surface area contributed by atoms with Crippen LogP contribution in [-0.2, 0) is 0 Å². The van der Waals surface area contributed by atoms with Crippen LogP contribution in [0.2, 0.25) is 0 Å². The van der Waals surface area contributed by atoms with Crippen molar-refractivity contribution >= 4 is 27.3 Å². The average molecular weight is 307 g/mol. The molecule has 0 saturated carbocycles. The summed E-state index contributed by atoms with van der Waals surface area (Å²) in [5, 5.41) is 3.40. The van der Waals surface area contributed by atoms with Gasteiger partial charge in [-0.1, -0.05) is 28.1 Å². The highest BCUT2D eigenvalue weighted by Gasteiger charge is 2.27. The maximum atomic E-state index is 13.3. The lowest BCUT2D eigenvalue weighted by atomic mass is 10.1. The van der Waals surface area contributed by atoms with E-state index in [1.807, 2.05) is 31.3 Å². The first-order chi connectivity index (χ1) is 8.65. The first kappa shape index (κ1) is 11.5. The Labute approximate surface area is 114 Å². The van der Waals surface area contributed by atoms with Gasteiger partial charge in [0, 0.05) is 11.5 Å². The number of benzene rings is 2. The second kappa shape index (κ2) is 4.28. The third kappa shape index (κ3) is 1.86. The Bertz CT molecular complexity index is 600. The summed E-state index contributed by atoms with van der Waals surface area (Å²) in [6.45, 7) is 0. The molecule has 2 aromatic carbocycles. The van der Waals surface area contributed by atoms with Gasteiger partial charge >= 0.3 is 0 Å². The Morgan fingerprint density at radius 2 is 2.06 bits per heavy atom. The van der Waals surface area contributed by atoms with E-state index >= 15 is 0 Å². The van der Waals surface area contributed by atoms with Crippen molar-refractivity contribution in [3.05, 3.63) is 58.3 Å². The molecule has 0 fully saturated rings. The lowest BCUT2D eigenvalue weighted by molar-refractivity contribution is 0.622. The number of fused-ring (bicyclic) bond motifs is 1. The Balaban J connectivity index is 1.99. The largest absolute Gasteiger partial charge is 0.360 e. The van der Waals surface area contributed by atoms with Crippen LogP contribution in [0.1, 0.15) is 11.7 Å². The van der Waals surface area contributed by atoms with E-state index in [1.165, 1.54) is 6.07 Å². The molecule has 1 heterocycles. The van der Waals surface area contributed by atoms with E-state index in [0.29, 0.717) is 0 Å². The van der Waals surface area contributed by atoms with E-state index in [9.17, 15) is 4.39 Å². The molecule has 0 aliphatic carbocycles. The van der Waals surface area contributed by atoms with E-state index in [-0.39, 0.29) is 12.0 Å². The number of hydrogen-bond donors (Lipinski definition) is 1. The van der Waals surface area contributed by atoms with Gasteiger partial charge in [-0.25, -0.2) is 4.39 Å². The first-order valence-electron chi connectivity index (χ1n) is 5.69. The highest BCUT2D eigenvalue weighted by molar-refractivity contribution is 9.10. The second-order valence-corrected chi connectivity index (χ2v) is 5.29. The third-order valence-electron chi connectivity index (χ3n) is 3.18. The molecule has 0 saturated heterocycles. The third-order valence-corrected chi connectivity index (χ3v) is 3.68. The molecule has 0 amide bonds. The SMILES string of the molecule is CN1c2ccc(Br)cc2NC1c1cccc(F)c1. The Hall–Kier alpha value is -1.55. The van der Waals surface area contributed by atoms with Crippen LogP contribution in [0.3, 0.4) is 0 Å². The van der Waals surface area contributed by atoms with Gasteiger partial charge in [-0.2, -0.15) is 0 Å². The van der Waals surface area contributed by atoms with Crippen molar-refractivity contribution in [3.8, 4) is 0 Å². The summed E-state index contributed by atoms with van der Waals surface area (Å²) >= 11 is 3.45. The predicted octanol–water partition coefficient (Wildman–Crippen LogP) is 4.15. The Kier molecular flexibility index (Phi) is 2.74. The van der Waals surface area contributed by atoms with E-state index in [2.05, 4.69) is 26.1 Å². The minimum Gasteiger partial charge on any atom is -0.360 e. The molecule has 1 aliphatic heterocycles. The molecule has 4 heteroatoms. The van der Waals surface area contributed by atoms with Crippen molar-refractivity contribution in [3.63, 3.8) is 0 Å². The molecule has 2 aromatic rings. The molecule has 18 heavy (non-hydrogen) atoms. The van der Waals surface area contributed by atoms with Gasteiger partial charge in [0.25, 0.3) is 0 Å². The van der Waals surface area contributed by atoms with Crippen LogP contribution in [0.25, 0.3) is 0 Å². The van der Waals surface area contributed by atoms with Crippen LogP contribution in [0, 0.1) is 5.82 Å². The molecule has 2 nitrogen and oxygen atoms in total. The molecule has 92 valence electrons. The molecule has 3 rings (SSSR count). The highest BCUT2D eigenvalue weighted by Crippen LogP contribution is 2.41. The molecule has 1 aliphatic rings.